The molecule has 0 aliphatic heterocycles. The predicted molar refractivity (Wildman–Crippen MR) is 87.7 cm³/mol. The van der Waals surface area contributed by atoms with E-state index in [1.165, 1.54) is 0 Å². The first-order valence-corrected chi connectivity index (χ1v) is 7.43. The number of hydrogen-bond donors (Lipinski definition) is 1. The molecule has 0 saturated carbocycles. The maximum Gasteiger partial charge on any atom is 0.182 e. The maximum atomic E-state index is 6.16. The van der Waals surface area contributed by atoms with E-state index in [4.69, 9.17) is 28.6 Å². The van der Waals surface area contributed by atoms with Crippen molar-refractivity contribution in [2.24, 2.45) is 0 Å². The summed E-state index contributed by atoms with van der Waals surface area (Å²) in [6.07, 6.45) is 0. The highest BCUT2D eigenvalue weighted by molar-refractivity contribution is 9.10. The molecule has 0 atom stereocenters. The molecule has 0 aliphatic rings. The number of nitrogens with one attached hydrogen (secondary N) is 1. The topological polar surface area (TPSA) is 29.9 Å². The van der Waals surface area contributed by atoms with Crippen molar-refractivity contribution in [2.75, 3.05) is 7.11 Å². The lowest BCUT2D eigenvalue weighted by Crippen LogP contribution is -1.95. The van der Waals surface area contributed by atoms with E-state index in [1.54, 1.807) is 7.11 Å². The smallest absolute Gasteiger partial charge is 0.182 e. The zero-order chi connectivity index (χ0) is 14.3. The molecule has 3 rings (SSSR count). The summed E-state index contributed by atoms with van der Waals surface area (Å²) >= 11 is 15.1. The minimum atomic E-state index is 0.590. The number of aromatic amines is 1. The van der Waals surface area contributed by atoms with Crippen LogP contribution in [-0.2, 0) is 0 Å². The number of hydrogen-bond acceptors (Lipinski definition) is 2. The summed E-state index contributed by atoms with van der Waals surface area (Å²) in [7, 11) is 1.64. The van der Waals surface area contributed by atoms with Gasteiger partial charge in [0.2, 0.25) is 0 Å². The van der Waals surface area contributed by atoms with Crippen molar-refractivity contribution in [1.82, 2.24) is 9.55 Å². The molecule has 0 saturated heterocycles. The van der Waals surface area contributed by atoms with Gasteiger partial charge in [0.25, 0.3) is 0 Å². The van der Waals surface area contributed by atoms with Crippen LogP contribution in [0.2, 0.25) is 5.02 Å². The van der Waals surface area contributed by atoms with Gasteiger partial charge in [0, 0.05) is 0 Å². The molecule has 0 fully saturated rings. The molecule has 0 aliphatic carbocycles. The highest BCUT2D eigenvalue weighted by Crippen LogP contribution is 2.33. The largest absolute Gasteiger partial charge is 0.494 e. The number of nitrogens with zero attached hydrogens (tertiary/aromatic N) is 1. The monoisotopic (exact) mass is 368 g/mol. The Kier molecular flexibility index (Phi) is 3.58. The van der Waals surface area contributed by atoms with Gasteiger partial charge in [-0.05, 0) is 52.4 Å². The van der Waals surface area contributed by atoms with Crippen LogP contribution >= 0.6 is 39.7 Å². The second kappa shape index (κ2) is 5.24. The van der Waals surface area contributed by atoms with Gasteiger partial charge in [-0.2, -0.15) is 0 Å². The zero-order valence-electron chi connectivity index (χ0n) is 10.5. The number of imidazole rings is 1. The van der Waals surface area contributed by atoms with Crippen molar-refractivity contribution in [3.05, 3.63) is 50.7 Å². The molecule has 3 nitrogen and oxygen atoms in total. The highest BCUT2D eigenvalue weighted by atomic mass is 79.9. The third kappa shape index (κ3) is 2.06. The second-order valence-corrected chi connectivity index (χ2v) is 5.78. The number of rotatable bonds is 2. The first-order valence-electron chi connectivity index (χ1n) is 5.85. The van der Waals surface area contributed by atoms with Crippen LogP contribution in [0.5, 0.6) is 5.75 Å². The Labute approximate surface area is 134 Å². The van der Waals surface area contributed by atoms with Crippen LogP contribution in [0.3, 0.4) is 0 Å². The third-order valence-electron chi connectivity index (χ3n) is 3.07. The van der Waals surface area contributed by atoms with Crippen molar-refractivity contribution in [3.8, 4) is 11.4 Å². The molecule has 0 spiro atoms. The SMILES string of the molecule is COc1cccc2c1[nH]c(=S)n2-c1cccc(Cl)c1Br. The van der Waals surface area contributed by atoms with Gasteiger partial charge in [-0.1, -0.05) is 23.7 Å². The van der Waals surface area contributed by atoms with Crippen LogP contribution in [0, 0.1) is 4.77 Å². The lowest BCUT2D eigenvalue weighted by atomic mass is 10.2. The number of methoxy groups -OCH3 is 1. The van der Waals surface area contributed by atoms with E-state index in [9.17, 15) is 0 Å². The van der Waals surface area contributed by atoms with Gasteiger partial charge in [-0.3, -0.25) is 4.57 Å². The number of para-hydroxylation sites is 1. The number of fused-ring (bicyclic) bond motifs is 1. The number of ether oxygens (including phenoxy) is 1. The molecule has 0 amide bonds. The van der Waals surface area contributed by atoms with Crippen LogP contribution in [0.15, 0.2) is 40.9 Å². The van der Waals surface area contributed by atoms with Crippen LogP contribution < -0.4 is 4.74 Å². The van der Waals surface area contributed by atoms with Crippen molar-refractivity contribution >= 4 is 50.8 Å². The Balaban J connectivity index is 2.40. The van der Waals surface area contributed by atoms with Crippen LogP contribution in [0.25, 0.3) is 16.7 Å². The fourth-order valence-electron chi connectivity index (χ4n) is 2.18. The van der Waals surface area contributed by atoms with E-state index in [0.29, 0.717) is 9.79 Å². The maximum absolute atomic E-state index is 6.16. The van der Waals surface area contributed by atoms with Crippen LogP contribution in [0.1, 0.15) is 0 Å². The average Bonchev–Trinajstić information content (AvgIpc) is 2.78. The fraction of sp³-hybridized carbons (Fsp3) is 0.0714. The third-order valence-corrected chi connectivity index (χ3v) is 4.73. The number of halogens is 2. The lowest BCUT2D eigenvalue weighted by molar-refractivity contribution is 0.419. The Morgan fingerprint density at radius 3 is 2.75 bits per heavy atom. The van der Waals surface area contributed by atoms with Gasteiger partial charge in [-0.15, -0.1) is 0 Å². The van der Waals surface area contributed by atoms with Crippen molar-refractivity contribution in [1.29, 1.82) is 0 Å². The number of H-pyrrole nitrogens is 1. The van der Waals surface area contributed by atoms with E-state index in [1.807, 2.05) is 41.0 Å². The van der Waals surface area contributed by atoms with Crippen LogP contribution in [-0.4, -0.2) is 16.7 Å². The van der Waals surface area contributed by atoms with Gasteiger partial charge in [0.05, 0.1) is 27.8 Å². The van der Waals surface area contributed by atoms with Crippen molar-refractivity contribution in [2.45, 2.75) is 0 Å². The summed E-state index contributed by atoms with van der Waals surface area (Å²) in [6.45, 7) is 0. The molecule has 0 bridgehead atoms. The second-order valence-electron chi connectivity index (χ2n) is 4.19. The van der Waals surface area contributed by atoms with E-state index in [2.05, 4.69) is 20.9 Å². The van der Waals surface area contributed by atoms with Gasteiger partial charge in [-0.25, -0.2) is 0 Å². The molecule has 1 aromatic heterocycles. The molecule has 0 unspecified atom stereocenters. The molecule has 3 aromatic rings. The summed E-state index contributed by atoms with van der Waals surface area (Å²) in [4.78, 5) is 3.18. The molecular formula is C14H10BrClN2OS. The Bertz CT molecular complexity index is 856. The normalized spacial score (nSPS) is 10.9. The lowest BCUT2D eigenvalue weighted by Gasteiger charge is -2.09. The number of aromatic nitrogens is 2. The van der Waals surface area contributed by atoms with Gasteiger partial charge in [0.1, 0.15) is 11.3 Å². The summed E-state index contributed by atoms with van der Waals surface area (Å²) < 4.78 is 8.69. The Morgan fingerprint density at radius 2 is 2.00 bits per heavy atom. The Hall–Kier alpha value is -1.30. The van der Waals surface area contributed by atoms with Crippen molar-refractivity contribution < 1.29 is 4.74 Å². The fourth-order valence-corrected chi connectivity index (χ4v) is 3.09. The molecular weight excluding hydrogens is 360 g/mol. The molecule has 1 heterocycles. The van der Waals surface area contributed by atoms with Crippen LogP contribution in [0.4, 0.5) is 0 Å². The molecule has 0 radical (unpaired) electrons. The van der Waals surface area contributed by atoms with Crippen molar-refractivity contribution in [3.63, 3.8) is 0 Å². The summed E-state index contributed by atoms with van der Waals surface area (Å²) in [5.74, 6) is 0.755. The van der Waals surface area contributed by atoms with Gasteiger partial charge < -0.3 is 9.72 Å². The molecule has 102 valence electrons. The quantitative estimate of drug-likeness (QED) is 0.636. The number of benzene rings is 2. The van der Waals surface area contributed by atoms with E-state index in [-0.39, 0.29) is 0 Å². The minimum absolute atomic E-state index is 0.590. The molecule has 2 aromatic carbocycles. The first-order chi connectivity index (χ1) is 9.63. The standard InChI is InChI=1S/C14H10BrClN2OS/c1-19-11-7-3-6-10-13(11)17-14(20)18(10)9-5-2-4-8(16)12(9)15/h2-7H,1H3,(H,17,20). The highest BCUT2D eigenvalue weighted by Gasteiger charge is 2.13. The predicted octanol–water partition coefficient (Wildman–Crippen LogP) is 5.11. The first kappa shape index (κ1) is 13.7. The summed E-state index contributed by atoms with van der Waals surface area (Å²) in [6, 6.07) is 11.5. The van der Waals surface area contributed by atoms with E-state index >= 15 is 0 Å². The van der Waals surface area contributed by atoms with E-state index < -0.39 is 0 Å². The summed E-state index contributed by atoms with van der Waals surface area (Å²) in [5.41, 5.74) is 2.70. The Morgan fingerprint density at radius 1 is 1.25 bits per heavy atom. The van der Waals surface area contributed by atoms with Gasteiger partial charge >= 0.3 is 0 Å². The minimum Gasteiger partial charge on any atom is -0.494 e. The molecule has 20 heavy (non-hydrogen) atoms. The zero-order valence-corrected chi connectivity index (χ0v) is 13.6. The summed E-state index contributed by atoms with van der Waals surface area (Å²) in [5, 5.41) is 0.640. The van der Waals surface area contributed by atoms with E-state index in [0.717, 1.165) is 26.9 Å². The average molecular weight is 370 g/mol. The molecule has 1 N–H and O–H groups in total. The van der Waals surface area contributed by atoms with Gasteiger partial charge in [0.15, 0.2) is 4.77 Å². The molecule has 6 heteroatoms.